The monoisotopic (exact) mass is 358 g/mol. The fraction of sp³-hybridized carbons (Fsp3) is 0.294. The van der Waals surface area contributed by atoms with E-state index in [1.165, 1.54) is 10.6 Å². The van der Waals surface area contributed by atoms with E-state index in [0.29, 0.717) is 44.1 Å². The molecule has 0 radical (unpaired) electrons. The number of benzene rings is 1. The minimum absolute atomic E-state index is 0.105. The fourth-order valence-corrected chi connectivity index (χ4v) is 2.99. The second kappa shape index (κ2) is 6.75. The summed E-state index contributed by atoms with van der Waals surface area (Å²) in [5, 5.41) is 4.14. The second-order valence-electron chi connectivity index (χ2n) is 6.08. The highest BCUT2D eigenvalue weighted by Gasteiger charge is 2.25. The molecule has 0 atom stereocenters. The predicted octanol–water partition coefficient (Wildman–Crippen LogP) is 1.36. The van der Waals surface area contributed by atoms with Crippen LogP contribution >= 0.6 is 0 Å². The lowest BCUT2D eigenvalue weighted by Crippen LogP contribution is -2.48. The molecule has 134 valence electrons. The van der Waals surface area contributed by atoms with Crippen molar-refractivity contribution in [2.24, 2.45) is 0 Å². The highest BCUT2D eigenvalue weighted by Crippen LogP contribution is 2.15. The molecule has 0 saturated carbocycles. The zero-order chi connectivity index (χ0) is 18.1. The van der Waals surface area contributed by atoms with Gasteiger partial charge in [0.2, 0.25) is 5.82 Å². The predicted molar refractivity (Wildman–Crippen MR) is 88.3 cm³/mol. The molecule has 3 heterocycles. The molecule has 0 unspecified atom stereocenters. The van der Waals surface area contributed by atoms with Gasteiger partial charge in [-0.25, -0.2) is 18.3 Å². The Labute approximate surface area is 147 Å². The summed E-state index contributed by atoms with van der Waals surface area (Å²) in [5.74, 6) is -1.44. The van der Waals surface area contributed by atoms with E-state index < -0.39 is 11.6 Å². The van der Waals surface area contributed by atoms with E-state index in [2.05, 4.69) is 15.1 Å². The summed E-state index contributed by atoms with van der Waals surface area (Å²) in [5.41, 5.74) is 0.317. The smallest absolute Gasteiger partial charge is 0.293 e. The molecule has 0 bridgehead atoms. The number of carbonyl (C=O) groups is 1. The van der Waals surface area contributed by atoms with Gasteiger partial charge in [-0.3, -0.25) is 9.69 Å². The van der Waals surface area contributed by atoms with Crippen LogP contribution in [0, 0.1) is 11.6 Å². The SMILES string of the molecule is O=C(c1nc2ncccn2n1)N1CCN(Cc2cccc(F)c2F)CC1. The third-order valence-corrected chi connectivity index (χ3v) is 4.39. The van der Waals surface area contributed by atoms with Gasteiger partial charge in [-0.2, -0.15) is 4.98 Å². The van der Waals surface area contributed by atoms with Crippen LogP contribution in [0.2, 0.25) is 0 Å². The molecule has 0 spiro atoms. The normalized spacial score (nSPS) is 15.5. The van der Waals surface area contributed by atoms with Crippen molar-refractivity contribution in [2.75, 3.05) is 26.2 Å². The Hall–Kier alpha value is -2.94. The lowest BCUT2D eigenvalue weighted by Gasteiger charge is -2.34. The maximum absolute atomic E-state index is 13.8. The van der Waals surface area contributed by atoms with Crippen LogP contribution in [-0.2, 0) is 6.54 Å². The molecule has 3 aromatic rings. The van der Waals surface area contributed by atoms with Crippen LogP contribution in [0.15, 0.2) is 36.7 Å². The zero-order valence-corrected chi connectivity index (χ0v) is 13.8. The summed E-state index contributed by atoms with van der Waals surface area (Å²) in [6.07, 6.45) is 3.26. The standard InChI is InChI=1S/C17H16F2N6O/c18-13-4-1-3-12(14(13)19)11-23-7-9-24(10-8-23)16(26)15-21-17-20-5-2-6-25(17)22-15/h1-6H,7-11H2. The van der Waals surface area contributed by atoms with Crippen molar-refractivity contribution < 1.29 is 13.6 Å². The number of hydrogen-bond acceptors (Lipinski definition) is 5. The van der Waals surface area contributed by atoms with Gasteiger partial charge in [-0.05, 0) is 12.1 Å². The number of rotatable bonds is 3. The van der Waals surface area contributed by atoms with E-state index in [1.807, 2.05) is 4.90 Å². The van der Waals surface area contributed by atoms with E-state index >= 15 is 0 Å². The van der Waals surface area contributed by atoms with Gasteiger partial charge < -0.3 is 4.90 Å². The van der Waals surface area contributed by atoms with Gasteiger partial charge in [0, 0.05) is 50.7 Å². The molecule has 1 fully saturated rings. The summed E-state index contributed by atoms with van der Waals surface area (Å²) >= 11 is 0. The summed E-state index contributed by atoms with van der Waals surface area (Å²) < 4.78 is 28.6. The maximum Gasteiger partial charge on any atom is 0.293 e. The molecule has 7 nitrogen and oxygen atoms in total. The zero-order valence-electron chi connectivity index (χ0n) is 13.8. The van der Waals surface area contributed by atoms with E-state index in [1.54, 1.807) is 29.4 Å². The number of piperazine rings is 1. The Morgan fingerprint density at radius 1 is 1.12 bits per heavy atom. The van der Waals surface area contributed by atoms with Gasteiger partial charge in [-0.15, -0.1) is 5.10 Å². The van der Waals surface area contributed by atoms with Gasteiger partial charge in [0.1, 0.15) is 0 Å². The Bertz CT molecular complexity index is 918. The number of aromatic nitrogens is 4. The van der Waals surface area contributed by atoms with Crippen molar-refractivity contribution in [1.29, 1.82) is 0 Å². The van der Waals surface area contributed by atoms with Crippen molar-refractivity contribution in [2.45, 2.75) is 6.54 Å². The van der Waals surface area contributed by atoms with Crippen molar-refractivity contribution in [1.82, 2.24) is 29.4 Å². The summed E-state index contributed by atoms with van der Waals surface area (Å²) in [6, 6.07) is 5.88. The molecule has 0 N–H and O–H groups in total. The van der Waals surface area contributed by atoms with Crippen LogP contribution in [0.25, 0.3) is 5.78 Å². The first-order chi connectivity index (χ1) is 12.6. The average Bonchev–Trinajstić information content (AvgIpc) is 3.10. The van der Waals surface area contributed by atoms with Crippen molar-refractivity contribution in [3.8, 4) is 0 Å². The maximum atomic E-state index is 13.8. The van der Waals surface area contributed by atoms with E-state index in [-0.39, 0.29) is 11.7 Å². The summed E-state index contributed by atoms with van der Waals surface area (Å²) in [7, 11) is 0. The number of fused-ring (bicyclic) bond motifs is 1. The molecule has 26 heavy (non-hydrogen) atoms. The lowest BCUT2D eigenvalue weighted by atomic mass is 10.1. The highest BCUT2D eigenvalue weighted by atomic mass is 19.2. The Balaban J connectivity index is 1.40. The molecule has 4 rings (SSSR count). The third-order valence-electron chi connectivity index (χ3n) is 4.39. The van der Waals surface area contributed by atoms with E-state index in [9.17, 15) is 13.6 Å². The van der Waals surface area contributed by atoms with E-state index in [0.717, 1.165) is 6.07 Å². The molecule has 2 aromatic heterocycles. The highest BCUT2D eigenvalue weighted by molar-refractivity contribution is 5.90. The van der Waals surface area contributed by atoms with Gasteiger partial charge in [0.25, 0.3) is 11.7 Å². The molecule has 1 aliphatic heterocycles. The first-order valence-electron chi connectivity index (χ1n) is 8.24. The van der Waals surface area contributed by atoms with Gasteiger partial charge >= 0.3 is 0 Å². The number of amides is 1. The number of halogens is 2. The molecule has 0 aliphatic carbocycles. The molecule has 1 aromatic carbocycles. The van der Waals surface area contributed by atoms with E-state index in [4.69, 9.17) is 0 Å². The van der Waals surface area contributed by atoms with Crippen molar-refractivity contribution in [3.63, 3.8) is 0 Å². The lowest BCUT2D eigenvalue weighted by molar-refractivity contribution is 0.0615. The van der Waals surface area contributed by atoms with Crippen LogP contribution in [0.3, 0.4) is 0 Å². The summed E-state index contributed by atoms with van der Waals surface area (Å²) in [6.45, 7) is 2.38. The first kappa shape index (κ1) is 16.5. The average molecular weight is 358 g/mol. The topological polar surface area (TPSA) is 66.6 Å². The second-order valence-corrected chi connectivity index (χ2v) is 6.08. The first-order valence-corrected chi connectivity index (χ1v) is 8.24. The van der Waals surface area contributed by atoms with Gasteiger partial charge in [0.15, 0.2) is 11.6 Å². The van der Waals surface area contributed by atoms with Crippen molar-refractivity contribution >= 4 is 11.7 Å². The van der Waals surface area contributed by atoms with Crippen molar-refractivity contribution in [3.05, 3.63) is 59.7 Å². The summed E-state index contributed by atoms with van der Waals surface area (Å²) in [4.78, 5) is 24.4. The molecule has 1 amide bonds. The minimum atomic E-state index is -0.845. The number of carbonyl (C=O) groups excluding carboxylic acids is 1. The molecule has 1 saturated heterocycles. The van der Waals surface area contributed by atoms with Gasteiger partial charge in [-0.1, -0.05) is 12.1 Å². The Kier molecular flexibility index (Phi) is 4.29. The molecular weight excluding hydrogens is 342 g/mol. The quantitative estimate of drug-likeness (QED) is 0.707. The van der Waals surface area contributed by atoms with Crippen LogP contribution in [0.4, 0.5) is 8.78 Å². The molecule has 1 aliphatic rings. The minimum Gasteiger partial charge on any atom is -0.333 e. The van der Waals surface area contributed by atoms with Crippen LogP contribution in [-0.4, -0.2) is 61.5 Å². The Morgan fingerprint density at radius 2 is 1.92 bits per heavy atom. The third kappa shape index (κ3) is 3.13. The van der Waals surface area contributed by atoms with Crippen LogP contribution in [0.1, 0.15) is 16.2 Å². The van der Waals surface area contributed by atoms with Gasteiger partial charge in [0.05, 0.1) is 0 Å². The Morgan fingerprint density at radius 3 is 2.69 bits per heavy atom. The largest absolute Gasteiger partial charge is 0.333 e. The number of nitrogens with zero attached hydrogens (tertiary/aromatic N) is 6. The van der Waals surface area contributed by atoms with Crippen LogP contribution < -0.4 is 0 Å². The fourth-order valence-electron chi connectivity index (χ4n) is 2.99. The molecule has 9 heteroatoms. The van der Waals surface area contributed by atoms with Crippen LogP contribution in [0.5, 0.6) is 0 Å². The molecular formula is C17H16F2N6O. The number of hydrogen-bond donors (Lipinski definition) is 0.